The van der Waals surface area contributed by atoms with E-state index in [1.54, 1.807) is 44.2 Å². The number of ether oxygens (including phenoxy) is 2. The van der Waals surface area contributed by atoms with Crippen LogP contribution in [0, 0.1) is 0 Å². The van der Waals surface area contributed by atoms with Crippen molar-refractivity contribution < 1.29 is 34.4 Å². The van der Waals surface area contributed by atoms with Gasteiger partial charge in [0.2, 0.25) is 0 Å². The Kier molecular flexibility index (Phi) is 7.79. The maximum Gasteiger partial charge on any atom is 0.334 e. The number of hydrogen-bond acceptors (Lipinski definition) is 6. The van der Waals surface area contributed by atoms with Gasteiger partial charge >= 0.3 is 11.9 Å². The molecule has 0 saturated carbocycles. The van der Waals surface area contributed by atoms with Gasteiger partial charge in [-0.1, -0.05) is 24.8 Å². The molecule has 3 rings (SSSR count). The van der Waals surface area contributed by atoms with Gasteiger partial charge in [-0.3, -0.25) is 4.79 Å². The van der Waals surface area contributed by atoms with Crippen LogP contribution in [-0.4, -0.2) is 27.3 Å². The predicted molar refractivity (Wildman–Crippen MR) is 127 cm³/mol. The lowest BCUT2D eigenvalue weighted by molar-refractivity contribution is -0.143. The molecule has 1 aliphatic heterocycles. The van der Waals surface area contributed by atoms with Gasteiger partial charge < -0.3 is 24.8 Å². The van der Waals surface area contributed by atoms with Gasteiger partial charge in [0, 0.05) is 35.3 Å². The second-order valence-electron chi connectivity index (χ2n) is 8.13. The molecule has 2 aromatic carbocycles. The zero-order chi connectivity index (χ0) is 24.8. The molecule has 0 spiro atoms. The molecule has 34 heavy (non-hydrogen) atoms. The first-order chi connectivity index (χ1) is 16.2. The molecule has 0 radical (unpaired) electrons. The predicted octanol–water partition coefficient (Wildman–Crippen LogP) is 5.71. The van der Waals surface area contributed by atoms with Crippen LogP contribution < -0.4 is 4.74 Å². The molecule has 7 nitrogen and oxygen atoms in total. The van der Waals surface area contributed by atoms with Gasteiger partial charge in [-0.25, -0.2) is 4.79 Å². The van der Waals surface area contributed by atoms with Gasteiger partial charge in [-0.05, 0) is 62.4 Å². The first-order valence-electron chi connectivity index (χ1n) is 11.0. The highest BCUT2D eigenvalue weighted by Crippen LogP contribution is 2.48. The number of hydrogen-bond donors (Lipinski definition) is 3. The van der Waals surface area contributed by atoms with Crippen molar-refractivity contribution in [2.24, 2.45) is 0 Å². The molecule has 1 atom stereocenters. The smallest absolute Gasteiger partial charge is 0.334 e. The van der Waals surface area contributed by atoms with E-state index in [2.05, 4.69) is 6.58 Å². The number of carbonyl (C=O) groups excluding carboxylic acids is 1. The number of carboxylic acid groups (broad SMARTS) is 1. The number of carboxylic acids is 1. The molecule has 0 bridgehead atoms. The Balaban J connectivity index is 1.97. The number of unbranched alkanes of at least 4 members (excludes halogenated alkanes) is 1. The Hall–Kier alpha value is -4.00. The lowest BCUT2D eigenvalue weighted by Gasteiger charge is -2.29. The molecule has 178 valence electrons. The third-order valence-corrected chi connectivity index (χ3v) is 5.68. The van der Waals surface area contributed by atoms with Crippen LogP contribution in [-0.2, 0) is 20.7 Å². The molecule has 7 heteroatoms. The van der Waals surface area contributed by atoms with E-state index < -0.39 is 18.0 Å². The maximum atomic E-state index is 13.0. The monoisotopic (exact) mass is 464 g/mol. The number of phenols is 2. The average Bonchev–Trinajstić information content (AvgIpc) is 2.79. The Morgan fingerprint density at radius 2 is 1.82 bits per heavy atom. The van der Waals surface area contributed by atoms with E-state index in [0.717, 1.165) is 5.57 Å². The van der Waals surface area contributed by atoms with Crippen molar-refractivity contribution >= 4 is 11.9 Å². The minimum absolute atomic E-state index is 0.00392. The van der Waals surface area contributed by atoms with Crippen molar-refractivity contribution in [2.45, 2.75) is 45.6 Å². The summed E-state index contributed by atoms with van der Waals surface area (Å²) in [6.45, 7) is 7.10. The molecule has 1 aliphatic rings. The van der Waals surface area contributed by atoms with E-state index in [1.165, 1.54) is 18.2 Å². The van der Waals surface area contributed by atoms with Crippen LogP contribution in [0.2, 0.25) is 0 Å². The van der Waals surface area contributed by atoms with Gasteiger partial charge in [0.1, 0.15) is 23.0 Å². The molecule has 1 unspecified atom stereocenters. The van der Waals surface area contributed by atoms with Gasteiger partial charge in [-0.2, -0.15) is 0 Å². The van der Waals surface area contributed by atoms with Crippen LogP contribution >= 0.6 is 0 Å². The quantitative estimate of drug-likeness (QED) is 0.188. The number of allylic oxidation sites excluding steroid dienone is 4. The van der Waals surface area contributed by atoms with Crippen LogP contribution in [0.25, 0.3) is 0 Å². The van der Waals surface area contributed by atoms with Crippen LogP contribution in [0.1, 0.15) is 55.9 Å². The molecule has 0 amide bonds. The van der Waals surface area contributed by atoms with Crippen molar-refractivity contribution in [1.82, 2.24) is 0 Å². The summed E-state index contributed by atoms with van der Waals surface area (Å²) in [5.41, 5.74) is 2.89. The number of aryl methyl sites for hydroxylation is 1. The summed E-state index contributed by atoms with van der Waals surface area (Å²) >= 11 is 0. The standard InChI is InChI=1S/C27H28O7/c1-4-5-8-16(2)17(3)27(32)34-26-20-12-11-19(28)14-23(20)33-24-15-22(29)18(13-21(24)26)9-6-7-10-25(30)31/h4-5,8,11-15,26,28-29H,1,6-7,9-10H2,2-3H3,(H,30,31)/b8-5-,17-16+. The molecule has 0 aromatic heterocycles. The van der Waals surface area contributed by atoms with Crippen molar-refractivity contribution in [3.05, 3.63) is 83.0 Å². The highest BCUT2D eigenvalue weighted by atomic mass is 16.6. The largest absolute Gasteiger partial charge is 0.508 e. The van der Waals surface area contributed by atoms with Gasteiger partial charge in [0.25, 0.3) is 0 Å². The summed E-state index contributed by atoms with van der Waals surface area (Å²) in [6, 6.07) is 7.73. The molecule has 1 heterocycles. The van der Waals surface area contributed by atoms with Crippen molar-refractivity contribution in [3.63, 3.8) is 0 Å². The van der Waals surface area contributed by atoms with Crippen LogP contribution in [0.4, 0.5) is 0 Å². The van der Waals surface area contributed by atoms with Crippen LogP contribution in [0.5, 0.6) is 23.0 Å². The summed E-state index contributed by atoms with van der Waals surface area (Å²) in [4.78, 5) is 23.8. The number of aromatic hydroxyl groups is 2. The Morgan fingerprint density at radius 3 is 2.53 bits per heavy atom. The maximum absolute atomic E-state index is 13.0. The second-order valence-corrected chi connectivity index (χ2v) is 8.13. The first kappa shape index (κ1) is 24.6. The van der Waals surface area contributed by atoms with Crippen molar-refractivity contribution in [2.75, 3.05) is 0 Å². The minimum atomic E-state index is -0.864. The highest BCUT2D eigenvalue weighted by molar-refractivity contribution is 5.89. The number of phenolic OH excluding ortho intramolecular Hbond substituents is 2. The van der Waals surface area contributed by atoms with Crippen molar-refractivity contribution in [1.29, 1.82) is 0 Å². The van der Waals surface area contributed by atoms with Crippen molar-refractivity contribution in [3.8, 4) is 23.0 Å². The molecule has 0 saturated heterocycles. The Labute approximate surface area is 198 Å². The lowest BCUT2D eigenvalue weighted by atomic mass is 9.93. The summed E-state index contributed by atoms with van der Waals surface area (Å²) in [7, 11) is 0. The van der Waals surface area contributed by atoms with E-state index in [4.69, 9.17) is 14.6 Å². The minimum Gasteiger partial charge on any atom is -0.508 e. The normalized spacial score (nSPS) is 15.1. The topological polar surface area (TPSA) is 113 Å². The van der Waals surface area contributed by atoms with Crippen LogP contribution in [0.3, 0.4) is 0 Å². The van der Waals surface area contributed by atoms with E-state index in [1.807, 2.05) is 0 Å². The average molecular weight is 465 g/mol. The fourth-order valence-corrected chi connectivity index (χ4v) is 3.65. The lowest BCUT2D eigenvalue weighted by Crippen LogP contribution is -2.18. The van der Waals surface area contributed by atoms with E-state index in [-0.39, 0.29) is 17.9 Å². The highest BCUT2D eigenvalue weighted by Gasteiger charge is 2.32. The van der Waals surface area contributed by atoms with E-state index >= 15 is 0 Å². The fourth-order valence-electron chi connectivity index (χ4n) is 3.65. The third kappa shape index (κ3) is 5.67. The number of benzene rings is 2. The fraction of sp³-hybridized carbons (Fsp3) is 0.259. The van der Waals surface area contributed by atoms with E-state index in [9.17, 15) is 19.8 Å². The zero-order valence-corrected chi connectivity index (χ0v) is 19.2. The van der Waals surface area contributed by atoms with Gasteiger partial charge in [0.05, 0.1) is 0 Å². The molecule has 2 aromatic rings. The Morgan fingerprint density at radius 1 is 1.09 bits per heavy atom. The second kappa shape index (κ2) is 10.7. The van der Waals surface area contributed by atoms with Crippen LogP contribution in [0.15, 0.2) is 66.3 Å². The van der Waals surface area contributed by atoms with E-state index in [0.29, 0.717) is 53.0 Å². The number of carbonyl (C=O) groups is 2. The summed E-state index contributed by atoms with van der Waals surface area (Å²) < 4.78 is 11.8. The molecular formula is C27H28O7. The van der Waals surface area contributed by atoms with Gasteiger partial charge in [-0.15, -0.1) is 0 Å². The van der Waals surface area contributed by atoms with Gasteiger partial charge in [0.15, 0.2) is 6.10 Å². The number of aliphatic carboxylic acids is 1. The number of rotatable bonds is 9. The molecule has 3 N–H and O–H groups in total. The summed E-state index contributed by atoms with van der Waals surface area (Å²) in [5, 5.41) is 29.3. The SMILES string of the molecule is C=C/C=C\C(C)=C(/C)C(=O)OC1c2ccc(O)cc2Oc2cc(O)c(CCCCC(=O)O)cc21. The molecule has 0 fully saturated rings. The third-order valence-electron chi connectivity index (χ3n) is 5.68. The number of fused-ring (bicyclic) bond motifs is 2. The number of esters is 1. The molecule has 0 aliphatic carbocycles. The summed E-state index contributed by atoms with van der Waals surface area (Å²) in [6.07, 6.45) is 5.85. The molecular weight excluding hydrogens is 436 g/mol. The zero-order valence-electron chi connectivity index (χ0n) is 19.2. The summed E-state index contributed by atoms with van der Waals surface area (Å²) in [5.74, 6) is -0.746. The Bertz CT molecular complexity index is 1170. The first-order valence-corrected chi connectivity index (χ1v) is 11.0.